The van der Waals surface area contributed by atoms with Gasteiger partial charge in [0.2, 0.25) is 0 Å². The Morgan fingerprint density at radius 2 is 2.06 bits per heavy atom. The van der Waals surface area contributed by atoms with Crippen molar-refractivity contribution >= 4 is 21.2 Å². The van der Waals surface area contributed by atoms with Gasteiger partial charge in [-0.3, -0.25) is 0 Å². The molecular weight excluding hydrogens is 244 g/mol. The van der Waals surface area contributed by atoms with Crippen molar-refractivity contribution in [3.05, 3.63) is 15.6 Å². The highest BCUT2D eigenvalue weighted by molar-refractivity contribution is 7.90. The molecule has 6 heteroatoms. The van der Waals surface area contributed by atoms with Gasteiger partial charge >= 0.3 is 0 Å². The Labute approximate surface area is 101 Å². The number of hydrogen-bond donors (Lipinski definition) is 1. The fourth-order valence-electron chi connectivity index (χ4n) is 1.29. The number of rotatable bonds is 5. The van der Waals surface area contributed by atoms with E-state index in [-0.39, 0.29) is 17.5 Å². The lowest BCUT2D eigenvalue weighted by molar-refractivity contribution is 0.583. The largest absolute Gasteiger partial charge is 0.327 e. The highest BCUT2D eigenvalue weighted by Crippen LogP contribution is 2.19. The average molecular weight is 262 g/mol. The molecule has 0 aromatic carbocycles. The minimum atomic E-state index is -3.13. The molecule has 0 radical (unpaired) electrons. The summed E-state index contributed by atoms with van der Waals surface area (Å²) < 4.78 is 23.6. The Bertz CT molecular complexity index is 432. The van der Waals surface area contributed by atoms with E-state index in [0.29, 0.717) is 11.4 Å². The predicted octanol–water partition coefficient (Wildman–Crippen LogP) is 1.41. The zero-order valence-electron chi connectivity index (χ0n) is 9.86. The van der Waals surface area contributed by atoms with Gasteiger partial charge in [-0.25, -0.2) is 13.4 Å². The smallest absolute Gasteiger partial charge is 0.158 e. The van der Waals surface area contributed by atoms with Gasteiger partial charge in [-0.2, -0.15) is 0 Å². The molecule has 0 fully saturated rings. The lowest BCUT2D eigenvalue weighted by Crippen LogP contribution is -2.29. The molecule has 2 N–H and O–H groups in total. The highest BCUT2D eigenvalue weighted by Gasteiger charge is 2.18. The van der Waals surface area contributed by atoms with Gasteiger partial charge < -0.3 is 5.73 Å². The minimum absolute atomic E-state index is 0.0139. The molecule has 0 bridgehead atoms. The SMILES string of the molecule is CCC(N)CS(=O)(=O)Cc1nc(C)c(C)s1. The van der Waals surface area contributed by atoms with Crippen molar-refractivity contribution in [1.29, 1.82) is 0 Å². The van der Waals surface area contributed by atoms with Crippen LogP contribution in [0.2, 0.25) is 0 Å². The lowest BCUT2D eigenvalue weighted by atomic mass is 10.3. The molecule has 0 amide bonds. The van der Waals surface area contributed by atoms with E-state index >= 15 is 0 Å². The summed E-state index contributed by atoms with van der Waals surface area (Å²) in [6, 6.07) is -0.271. The first kappa shape index (κ1) is 13.6. The van der Waals surface area contributed by atoms with Gasteiger partial charge in [0.15, 0.2) is 9.84 Å². The summed E-state index contributed by atoms with van der Waals surface area (Å²) in [5, 5.41) is 0.665. The van der Waals surface area contributed by atoms with Crippen LogP contribution in [0.25, 0.3) is 0 Å². The topological polar surface area (TPSA) is 73.1 Å². The van der Waals surface area contributed by atoms with Crippen LogP contribution in [0.4, 0.5) is 0 Å². The molecule has 0 aliphatic rings. The van der Waals surface area contributed by atoms with E-state index in [0.717, 1.165) is 10.6 Å². The van der Waals surface area contributed by atoms with Crippen molar-refractivity contribution in [2.45, 2.75) is 39.0 Å². The van der Waals surface area contributed by atoms with Crippen LogP contribution in [0.3, 0.4) is 0 Å². The normalized spacial score (nSPS) is 14.0. The summed E-state index contributed by atoms with van der Waals surface area (Å²) in [4.78, 5) is 5.30. The third kappa shape index (κ3) is 3.84. The van der Waals surface area contributed by atoms with Crippen molar-refractivity contribution in [2.75, 3.05) is 5.75 Å². The van der Waals surface area contributed by atoms with Crippen LogP contribution in [0.5, 0.6) is 0 Å². The second-order valence-corrected chi connectivity index (χ2v) is 7.37. The quantitative estimate of drug-likeness (QED) is 0.871. The number of sulfone groups is 1. The molecule has 0 saturated carbocycles. The second-order valence-electron chi connectivity index (χ2n) is 3.97. The number of aromatic nitrogens is 1. The van der Waals surface area contributed by atoms with Gasteiger partial charge in [-0.05, 0) is 20.3 Å². The molecule has 0 saturated heterocycles. The molecule has 4 nitrogen and oxygen atoms in total. The van der Waals surface area contributed by atoms with Crippen molar-refractivity contribution < 1.29 is 8.42 Å². The fraction of sp³-hybridized carbons (Fsp3) is 0.700. The van der Waals surface area contributed by atoms with E-state index in [4.69, 9.17) is 5.73 Å². The van der Waals surface area contributed by atoms with Crippen LogP contribution < -0.4 is 5.73 Å². The van der Waals surface area contributed by atoms with Gasteiger partial charge in [0.05, 0.1) is 11.4 Å². The maximum absolute atomic E-state index is 11.8. The fourth-order valence-corrected chi connectivity index (χ4v) is 4.24. The maximum atomic E-state index is 11.8. The summed E-state index contributed by atoms with van der Waals surface area (Å²) in [5.74, 6) is 0.0568. The Morgan fingerprint density at radius 3 is 2.50 bits per heavy atom. The van der Waals surface area contributed by atoms with E-state index in [1.807, 2.05) is 20.8 Å². The Balaban J connectivity index is 2.73. The third-order valence-corrected chi connectivity index (χ3v) is 5.31. The van der Waals surface area contributed by atoms with Gasteiger partial charge in [-0.1, -0.05) is 6.92 Å². The minimum Gasteiger partial charge on any atom is -0.327 e. The first-order chi connectivity index (χ1) is 7.34. The summed E-state index contributed by atoms with van der Waals surface area (Å²) >= 11 is 1.44. The Morgan fingerprint density at radius 1 is 1.44 bits per heavy atom. The summed E-state index contributed by atoms with van der Waals surface area (Å²) in [5.41, 5.74) is 6.56. The number of aryl methyl sites for hydroxylation is 2. The first-order valence-corrected chi connectivity index (χ1v) is 7.86. The molecule has 0 aliphatic carbocycles. The van der Waals surface area contributed by atoms with Crippen LogP contribution >= 0.6 is 11.3 Å². The number of nitrogens with two attached hydrogens (primary N) is 1. The maximum Gasteiger partial charge on any atom is 0.158 e. The standard InChI is InChI=1S/C10H18N2O2S2/c1-4-9(11)5-16(13,14)6-10-12-7(2)8(3)15-10/h9H,4-6,11H2,1-3H3. The number of hydrogen-bond acceptors (Lipinski definition) is 5. The molecule has 1 heterocycles. The van der Waals surface area contributed by atoms with Crippen LogP contribution in [0.1, 0.15) is 28.9 Å². The predicted molar refractivity (Wildman–Crippen MR) is 67.3 cm³/mol. The summed E-state index contributed by atoms with van der Waals surface area (Å²) in [7, 11) is -3.13. The lowest BCUT2D eigenvalue weighted by Gasteiger charge is -2.08. The van der Waals surface area contributed by atoms with Gasteiger partial charge in [-0.15, -0.1) is 11.3 Å². The molecule has 1 atom stereocenters. The third-order valence-electron chi connectivity index (χ3n) is 2.41. The summed E-state index contributed by atoms with van der Waals surface area (Å²) in [6.45, 7) is 5.72. The van der Waals surface area contributed by atoms with E-state index in [1.54, 1.807) is 0 Å². The van der Waals surface area contributed by atoms with Gasteiger partial charge in [0.25, 0.3) is 0 Å². The Hall–Kier alpha value is -0.460. The molecule has 1 unspecified atom stereocenters. The molecule has 92 valence electrons. The number of nitrogens with zero attached hydrogens (tertiary/aromatic N) is 1. The molecule has 0 spiro atoms. The van der Waals surface area contributed by atoms with Crippen LogP contribution in [-0.4, -0.2) is 25.2 Å². The highest BCUT2D eigenvalue weighted by atomic mass is 32.2. The zero-order valence-corrected chi connectivity index (χ0v) is 11.5. The van der Waals surface area contributed by atoms with E-state index in [9.17, 15) is 8.42 Å². The zero-order chi connectivity index (χ0) is 12.3. The van der Waals surface area contributed by atoms with Crippen LogP contribution in [-0.2, 0) is 15.6 Å². The van der Waals surface area contributed by atoms with Crippen LogP contribution in [0.15, 0.2) is 0 Å². The van der Waals surface area contributed by atoms with Crippen molar-refractivity contribution in [3.8, 4) is 0 Å². The molecule has 1 aromatic rings. The van der Waals surface area contributed by atoms with Crippen molar-refractivity contribution in [2.24, 2.45) is 5.73 Å². The summed E-state index contributed by atoms with van der Waals surface area (Å²) in [6.07, 6.45) is 0.676. The molecule has 1 rings (SSSR count). The molecular formula is C10H18N2O2S2. The van der Waals surface area contributed by atoms with Gasteiger partial charge in [0.1, 0.15) is 10.8 Å². The molecule has 1 aromatic heterocycles. The van der Waals surface area contributed by atoms with Crippen LogP contribution in [0, 0.1) is 13.8 Å². The van der Waals surface area contributed by atoms with Crippen molar-refractivity contribution in [3.63, 3.8) is 0 Å². The monoisotopic (exact) mass is 262 g/mol. The molecule has 0 aliphatic heterocycles. The van der Waals surface area contributed by atoms with E-state index < -0.39 is 9.84 Å². The average Bonchev–Trinajstić information content (AvgIpc) is 2.43. The molecule has 16 heavy (non-hydrogen) atoms. The number of thiazole rings is 1. The van der Waals surface area contributed by atoms with E-state index in [1.165, 1.54) is 11.3 Å². The van der Waals surface area contributed by atoms with Gasteiger partial charge in [0, 0.05) is 10.9 Å². The second kappa shape index (κ2) is 5.25. The van der Waals surface area contributed by atoms with Crippen molar-refractivity contribution in [1.82, 2.24) is 4.98 Å². The van der Waals surface area contributed by atoms with E-state index in [2.05, 4.69) is 4.98 Å². The first-order valence-electron chi connectivity index (χ1n) is 5.23. The Kier molecular flexibility index (Phi) is 4.46.